The number of ketones is 1. The van der Waals surface area contributed by atoms with E-state index in [9.17, 15) is 4.79 Å². The van der Waals surface area contributed by atoms with Gasteiger partial charge in [-0.1, -0.05) is 13.3 Å². The fourth-order valence-corrected chi connectivity index (χ4v) is 1.28. The minimum absolute atomic E-state index is 0.0977. The zero-order valence-electron chi connectivity index (χ0n) is 8.71. The minimum Gasteiger partial charge on any atom is -0.383 e. The molecule has 3 nitrogen and oxygen atoms in total. The van der Waals surface area contributed by atoms with E-state index in [4.69, 9.17) is 5.73 Å². The van der Waals surface area contributed by atoms with Crippen molar-refractivity contribution in [3.63, 3.8) is 0 Å². The van der Waals surface area contributed by atoms with Gasteiger partial charge in [0, 0.05) is 12.6 Å². The minimum atomic E-state index is 0.0977. The van der Waals surface area contributed by atoms with Crippen LogP contribution in [0.3, 0.4) is 0 Å². The van der Waals surface area contributed by atoms with Crippen LogP contribution in [0.15, 0.2) is 12.3 Å². The lowest BCUT2D eigenvalue weighted by atomic mass is 10.1. The van der Waals surface area contributed by atoms with E-state index in [0.717, 1.165) is 18.4 Å². The lowest BCUT2D eigenvalue weighted by Gasteiger charge is -2.04. The van der Waals surface area contributed by atoms with Gasteiger partial charge in [-0.2, -0.15) is 0 Å². The molecule has 0 bridgehead atoms. The zero-order chi connectivity index (χ0) is 10.6. The van der Waals surface area contributed by atoms with Gasteiger partial charge in [0.15, 0.2) is 5.78 Å². The number of hydrogen-bond acceptors (Lipinski definition) is 3. The van der Waals surface area contributed by atoms with E-state index in [2.05, 4.69) is 11.9 Å². The maximum absolute atomic E-state index is 11.7. The predicted molar refractivity (Wildman–Crippen MR) is 57.2 cm³/mol. The molecule has 3 heteroatoms. The van der Waals surface area contributed by atoms with Crippen molar-refractivity contribution >= 4 is 11.6 Å². The Labute approximate surface area is 84.3 Å². The first-order valence-electron chi connectivity index (χ1n) is 4.90. The second kappa shape index (κ2) is 4.74. The number of nitrogens with zero attached hydrogens (tertiary/aromatic N) is 1. The molecule has 14 heavy (non-hydrogen) atoms. The highest BCUT2D eigenvalue weighted by Gasteiger charge is 2.09. The van der Waals surface area contributed by atoms with Crippen LogP contribution in [0.25, 0.3) is 0 Å². The summed E-state index contributed by atoms with van der Waals surface area (Å²) in [5.74, 6) is 0.442. The van der Waals surface area contributed by atoms with Crippen molar-refractivity contribution in [3.8, 4) is 0 Å². The molecule has 0 unspecified atom stereocenters. The molecule has 0 saturated heterocycles. The Morgan fingerprint density at radius 2 is 2.29 bits per heavy atom. The summed E-state index contributed by atoms with van der Waals surface area (Å²) in [6.45, 7) is 3.97. The molecule has 1 rings (SSSR count). The number of aromatic nitrogens is 1. The summed E-state index contributed by atoms with van der Waals surface area (Å²) in [6, 6.07) is 1.81. The van der Waals surface area contributed by atoms with E-state index in [-0.39, 0.29) is 5.78 Å². The van der Waals surface area contributed by atoms with Gasteiger partial charge in [0.25, 0.3) is 0 Å². The number of Topliss-reactive ketones (excluding diaryl/α,β-unsaturated/α-hetero) is 1. The molecule has 0 fully saturated rings. The molecule has 0 saturated carbocycles. The van der Waals surface area contributed by atoms with Gasteiger partial charge in [-0.15, -0.1) is 0 Å². The predicted octanol–water partition coefficient (Wildman–Crippen LogP) is 2.35. The van der Waals surface area contributed by atoms with Gasteiger partial charge in [0.1, 0.15) is 5.82 Å². The Balaban J connectivity index is 2.83. The van der Waals surface area contributed by atoms with Crippen LogP contribution >= 0.6 is 0 Å². The molecule has 0 aliphatic heterocycles. The van der Waals surface area contributed by atoms with E-state index in [1.54, 1.807) is 12.3 Å². The molecule has 1 aromatic rings. The average Bonchev–Trinajstić information content (AvgIpc) is 2.18. The molecular formula is C11H16N2O. The molecule has 0 radical (unpaired) electrons. The first-order chi connectivity index (χ1) is 6.65. The third-order valence-electron chi connectivity index (χ3n) is 2.11. The zero-order valence-corrected chi connectivity index (χ0v) is 8.71. The van der Waals surface area contributed by atoms with Crippen LogP contribution < -0.4 is 5.73 Å². The summed E-state index contributed by atoms with van der Waals surface area (Å²) >= 11 is 0. The van der Waals surface area contributed by atoms with Gasteiger partial charge in [0.05, 0.1) is 5.56 Å². The number of anilines is 1. The molecule has 0 aliphatic carbocycles. The summed E-state index contributed by atoms with van der Waals surface area (Å²) in [4.78, 5) is 15.6. The van der Waals surface area contributed by atoms with E-state index in [1.807, 2.05) is 6.92 Å². The number of carbonyl (C=O) groups is 1. The molecule has 1 heterocycles. The van der Waals surface area contributed by atoms with Gasteiger partial charge in [-0.3, -0.25) is 4.79 Å². The first-order valence-corrected chi connectivity index (χ1v) is 4.90. The second-order valence-corrected chi connectivity index (χ2v) is 3.47. The summed E-state index contributed by atoms with van der Waals surface area (Å²) in [7, 11) is 0. The monoisotopic (exact) mass is 192 g/mol. The number of hydrogen-bond donors (Lipinski definition) is 1. The SMILES string of the molecule is CCCCC(=O)c1cc(C)cnc1N. The van der Waals surface area contributed by atoms with Crippen molar-refractivity contribution in [1.29, 1.82) is 0 Å². The van der Waals surface area contributed by atoms with Gasteiger partial charge in [-0.05, 0) is 25.0 Å². The summed E-state index contributed by atoms with van der Waals surface area (Å²) in [5.41, 5.74) is 7.17. The Morgan fingerprint density at radius 3 is 2.93 bits per heavy atom. The van der Waals surface area contributed by atoms with E-state index in [0.29, 0.717) is 17.8 Å². The van der Waals surface area contributed by atoms with Crippen molar-refractivity contribution < 1.29 is 4.79 Å². The molecule has 0 spiro atoms. The molecular weight excluding hydrogens is 176 g/mol. The maximum atomic E-state index is 11.7. The number of carbonyl (C=O) groups excluding carboxylic acids is 1. The number of rotatable bonds is 4. The normalized spacial score (nSPS) is 10.1. The smallest absolute Gasteiger partial charge is 0.166 e. The standard InChI is InChI=1S/C11H16N2O/c1-3-4-5-10(14)9-6-8(2)7-13-11(9)12/h6-7H,3-5H2,1-2H3,(H2,12,13). The quantitative estimate of drug-likeness (QED) is 0.745. The van der Waals surface area contributed by atoms with Gasteiger partial charge in [-0.25, -0.2) is 4.98 Å². The molecule has 0 atom stereocenters. The molecule has 0 aliphatic rings. The third-order valence-corrected chi connectivity index (χ3v) is 2.11. The van der Waals surface area contributed by atoms with Crippen molar-refractivity contribution in [1.82, 2.24) is 4.98 Å². The van der Waals surface area contributed by atoms with E-state index < -0.39 is 0 Å². The van der Waals surface area contributed by atoms with Gasteiger partial charge in [0.2, 0.25) is 0 Å². The van der Waals surface area contributed by atoms with Crippen LogP contribution in [0, 0.1) is 6.92 Å². The van der Waals surface area contributed by atoms with Crippen LogP contribution in [0.1, 0.15) is 42.1 Å². The Hall–Kier alpha value is -1.38. The highest BCUT2D eigenvalue weighted by Crippen LogP contribution is 2.14. The molecule has 1 aromatic heterocycles. The lowest BCUT2D eigenvalue weighted by molar-refractivity contribution is 0.0980. The maximum Gasteiger partial charge on any atom is 0.166 e. The van der Waals surface area contributed by atoms with Crippen LogP contribution in [-0.2, 0) is 0 Å². The summed E-state index contributed by atoms with van der Waals surface area (Å²) < 4.78 is 0. The second-order valence-electron chi connectivity index (χ2n) is 3.47. The molecule has 0 amide bonds. The van der Waals surface area contributed by atoms with Crippen LogP contribution in [0.2, 0.25) is 0 Å². The first kappa shape index (κ1) is 10.7. The molecule has 76 valence electrons. The number of unbranched alkanes of at least 4 members (excludes halogenated alkanes) is 1. The van der Waals surface area contributed by atoms with Crippen molar-refractivity contribution in [3.05, 3.63) is 23.4 Å². The number of aryl methyl sites for hydroxylation is 1. The third kappa shape index (κ3) is 2.55. The fraction of sp³-hybridized carbons (Fsp3) is 0.455. The van der Waals surface area contributed by atoms with Crippen LogP contribution in [-0.4, -0.2) is 10.8 Å². The van der Waals surface area contributed by atoms with Gasteiger partial charge >= 0.3 is 0 Å². The highest BCUT2D eigenvalue weighted by molar-refractivity contribution is 6.00. The molecule has 0 aromatic carbocycles. The topological polar surface area (TPSA) is 56.0 Å². The van der Waals surface area contributed by atoms with E-state index in [1.165, 1.54) is 0 Å². The largest absolute Gasteiger partial charge is 0.383 e. The van der Waals surface area contributed by atoms with Crippen molar-refractivity contribution in [2.24, 2.45) is 0 Å². The van der Waals surface area contributed by atoms with E-state index >= 15 is 0 Å². The highest BCUT2D eigenvalue weighted by atomic mass is 16.1. The number of nitrogen functional groups attached to an aromatic ring is 1. The number of nitrogens with two attached hydrogens (primary N) is 1. The Kier molecular flexibility index (Phi) is 3.63. The Bertz CT molecular complexity index is 334. The Morgan fingerprint density at radius 1 is 1.57 bits per heavy atom. The average molecular weight is 192 g/mol. The summed E-state index contributed by atoms with van der Waals surface area (Å²) in [5, 5.41) is 0. The molecule has 2 N–H and O–H groups in total. The summed E-state index contributed by atoms with van der Waals surface area (Å²) in [6.07, 6.45) is 4.16. The van der Waals surface area contributed by atoms with Crippen molar-refractivity contribution in [2.75, 3.05) is 5.73 Å². The van der Waals surface area contributed by atoms with Gasteiger partial charge < -0.3 is 5.73 Å². The van der Waals surface area contributed by atoms with Crippen LogP contribution in [0.5, 0.6) is 0 Å². The lowest BCUT2D eigenvalue weighted by Crippen LogP contribution is -2.05. The number of pyridine rings is 1. The van der Waals surface area contributed by atoms with Crippen LogP contribution in [0.4, 0.5) is 5.82 Å². The van der Waals surface area contributed by atoms with Crippen molar-refractivity contribution in [2.45, 2.75) is 33.1 Å². The fourth-order valence-electron chi connectivity index (χ4n) is 1.28.